The summed E-state index contributed by atoms with van der Waals surface area (Å²) in [6, 6.07) is -4.53. The molecule has 1 unspecified atom stereocenters. The van der Waals surface area contributed by atoms with Crippen LogP contribution in [-0.2, 0) is 20.8 Å². The first kappa shape index (κ1) is 10.2. The van der Waals surface area contributed by atoms with E-state index in [9.17, 15) is 19.5 Å². The fraction of sp³-hybridized carbons (Fsp3) is 0.550. The Morgan fingerprint density at radius 1 is 1.50 bits per heavy atom. The molecule has 0 radical (unpaired) electrons. The maximum absolute atomic E-state index is 13.1. The van der Waals surface area contributed by atoms with Crippen molar-refractivity contribution < 1.29 is 33.2 Å². The number of benzene rings is 1. The van der Waals surface area contributed by atoms with Gasteiger partial charge >= 0.3 is 0 Å². The molecule has 1 aromatic carbocycles. The number of nitrogens with zero attached hydrogens (tertiary/aromatic N) is 1. The van der Waals surface area contributed by atoms with Crippen LogP contribution in [0.2, 0.25) is 0 Å². The first-order valence-corrected chi connectivity index (χ1v) is 8.03. The standard InChI is InChI=1S/C20H28N2O4/c1-12(2)18(24)16(23)11-13(3)19(25)21-17-15-8-6-5-7-14(15)9-10-22(4)20(17)26/h5-8,12-13,17-18,24H,9-11H2,1-4H3,(H,21,25)/t13-,17+,18+/m1/s1/i1D3,5D,6D,7D,8D,9D2,12D/t12?,13-,17+,18+. The molecule has 2 rings (SSSR count). The third kappa shape index (κ3) is 4.49. The van der Waals surface area contributed by atoms with Gasteiger partial charge in [-0.25, -0.2) is 0 Å². The van der Waals surface area contributed by atoms with Crippen LogP contribution in [0.15, 0.2) is 24.2 Å². The molecule has 6 nitrogen and oxygen atoms in total. The average molecular weight is 371 g/mol. The Morgan fingerprint density at radius 3 is 2.88 bits per heavy atom. The molecule has 0 spiro atoms. The highest BCUT2D eigenvalue weighted by molar-refractivity contribution is 5.92. The second kappa shape index (κ2) is 8.45. The number of aliphatic hydroxyl groups is 1. The van der Waals surface area contributed by atoms with Gasteiger partial charge in [-0.1, -0.05) is 44.9 Å². The lowest BCUT2D eigenvalue weighted by atomic mass is 9.94. The van der Waals surface area contributed by atoms with Crippen molar-refractivity contribution in [1.82, 2.24) is 10.2 Å². The highest BCUT2D eigenvalue weighted by atomic mass is 16.3. The zero-order valence-electron chi connectivity index (χ0n) is 24.8. The number of Topliss-reactive ketones (excluding diaryl/α,β-unsaturated/α-hetero) is 1. The summed E-state index contributed by atoms with van der Waals surface area (Å²) < 4.78 is 78.9. The average Bonchev–Trinajstić information content (AvgIpc) is 2.82. The molecule has 0 saturated carbocycles. The third-order valence-corrected chi connectivity index (χ3v) is 4.08. The largest absolute Gasteiger partial charge is 0.385 e. The number of hydrogen-bond donors (Lipinski definition) is 2. The summed E-state index contributed by atoms with van der Waals surface area (Å²) in [5.74, 6) is -6.65. The molecule has 1 aliphatic rings. The van der Waals surface area contributed by atoms with Crippen LogP contribution in [0.5, 0.6) is 0 Å². The summed E-state index contributed by atoms with van der Waals surface area (Å²) in [5, 5.41) is 12.5. The van der Waals surface area contributed by atoms with Crippen LogP contribution in [0, 0.1) is 11.8 Å². The van der Waals surface area contributed by atoms with Gasteiger partial charge in [0.1, 0.15) is 12.1 Å². The molecule has 0 aromatic heterocycles. The number of carbonyl (C=O) groups excluding carboxylic acids is 3. The number of ketones is 1. The van der Waals surface area contributed by atoms with Gasteiger partial charge in [0.15, 0.2) is 5.78 Å². The molecule has 0 bridgehead atoms. The Balaban J connectivity index is 2.44. The van der Waals surface area contributed by atoms with Crippen molar-refractivity contribution in [3.8, 4) is 0 Å². The summed E-state index contributed by atoms with van der Waals surface area (Å²) in [6.45, 7) is -1.42. The fourth-order valence-electron chi connectivity index (χ4n) is 2.46. The van der Waals surface area contributed by atoms with Gasteiger partial charge in [0, 0.05) is 34.2 Å². The highest BCUT2D eigenvalue weighted by Gasteiger charge is 2.32. The molecule has 2 N–H and O–H groups in total. The summed E-state index contributed by atoms with van der Waals surface area (Å²) in [5.41, 5.74) is -0.910. The number of amides is 2. The fourth-order valence-corrected chi connectivity index (χ4v) is 2.46. The van der Waals surface area contributed by atoms with Crippen molar-refractivity contribution in [3.63, 3.8) is 0 Å². The SMILES string of the molecule is [2H]c1c([2H])c([2H])c2c(c1[2H])[C@H](NC(=O)[C@H](C)CC(=O)[C@@H](O)C([2H])(C)C([2H])([2H])[2H])C(=O)N(C)CC2([2H])[2H]. The van der Waals surface area contributed by atoms with E-state index in [-0.39, 0.29) is 0 Å². The van der Waals surface area contributed by atoms with E-state index in [0.29, 0.717) is 0 Å². The van der Waals surface area contributed by atoms with Gasteiger partial charge in [-0.15, -0.1) is 0 Å². The van der Waals surface area contributed by atoms with E-state index in [1.165, 1.54) is 14.0 Å². The van der Waals surface area contributed by atoms with Crippen molar-refractivity contribution in [3.05, 3.63) is 35.3 Å². The van der Waals surface area contributed by atoms with E-state index >= 15 is 0 Å². The quantitative estimate of drug-likeness (QED) is 0.794. The molecule has 6 heteroatoms. The number of hydrogen-bond acceptors (Lipinski definition) is 4. The molecule has 0 saturated heterocycles. The molecule has 1 heterocycles. The minimum Gasteiger partial charge on any atom is -0.385 e. The van der Waals surface area contributed by atoms with E-state index in [2.05, 4.69) is 5.32 Å². The third-order valence-electron chi connectivity index (χ3n) is 4.08. The Labute approximate surface area is 168 Å². The number of rotatable bonds is 6. The summed E-state index contributed by atoms with van der Waals surface area (Å²) in [7, 11) is 1.24. The van der Waals surface area contributed by atoms with Gasteiger partial charge < -0.3 is 15.3 Å². The predicted molar refractivity (Wildman–Crippen MR) is 98.3 cm³/mol. The first-order chi connectivity index (χ1) is 16.2. The van der Waals surface area contributed by atoms with Crippen LogP contribution in [-0.4, -0.2) is 47.3 Å². The van der Waals surface area contributed by atoms with Crippen LogP contribution in [0.25, 0.3) is 0 Å². The van der Waals surface area contributed by atoms with E-state index in [0.717, 1.165) is 11.8 Å². The lowest BCUT2D eigenvalue weighted by Gasteiger charge is -2.24. The second-order valence-corrected chi connectivity index (χ2v) is 6.26. The number of aliphatic hydroxyl groups excluding tert-OH is 1. The highest BCUT2D eigenvalue weighted by Crippen LogP contribution is 2.25. The summed E-state index contributed by atoms with van der Waals surface area (Å²) >= 11 is 0. The molecular weight excluding hydrogens is 332 g/mol. The first-order valence-electron chi connectivity index (χ1n) is 13.0. The van der Waals surface area contributed by atoms with Gasteiger partial charge in [-0.3, -0.25) is 14.4 Å². The minimum absolute atomic E-state index is 0.437. The van der Waals surface area contributed by atoms with Crippen LogP contribution in [0.3, 0.4) is 0 Å². The summed E-state index contributed by atoms with van der Waals surface area (Å²) in [6.07, 6.45) is -5.30. The van der Waals surface area contributed by atoms with Crippen molar-refractivity contribution in [2.24, 2.45) is 11.8 Å². The smallest absolute Gasteiger partial charge is 0.249 e. The lowest BCUT2D eigenvalue weighted by molar-refractivity contribution is -0.137. The normalized spacial score (nSPS) is 29.8. The van der Waals surface area contributed by atoms with E-state index < -0.39 is 103 Å². The monoisotopic (exact) mass is 370 g/mol. The zero-order chi connectivity index (χ0) is 28.1. The maximum Gasteiger partial charge on any atom is 0.249 e. The minimum atomic E-state index is -2.99. The Kier molecular flexibility index (Phi) is 3.32. The van der Waals surface area contributed by atoms with Gasteiger partial charge in [-0.05, 0) is 23.4 Å². The van der Waals surface area contributed by atoms with Crippen molar-refractivity contribution >= 4 is 17.6 Å². The molecule has 0 fully saturated rings. The number of nitrogens with one attached hydrogen (secondary N) is 1. The molecule has 26 heavy (non-hydrogen) atoms. The molecule has 142 valence electrons. The van der Waals surface area contributed by atoms with Crippen molar-refractivity contribution in [2.45, 2.75) is 45.6 Å². The predicted octanol–water partition coefficient (Wildman–Crippen LogP) is 1.47. The molecule has 0 aliphatic carbocycles. The van der Waals surface area contributed by atoms with Crippen LogP contribution < -0.4 is 5.32 Å². The van der Waals surface area contributed by atoms with Gasteiger partial charge in [0.25, 0.3) is 0 Å². The Bertz CT molecular complexity index is 1090. The molecule has 1 aliphatic heterocycles. The Morgan fingerprint density at radius 2 is 2.19 bits per heavy atom. The lowest BCUT2D eigenvalue weighted by Crippen LogP contribution is -2.43. The second-order valence-electron chi connectivity index (χ2n) is 6.26. The molecule has 4 atom stereocenters. The van der Waals surface area contributed by atoms with E-state index in [1.807, 2.05) is 0 Å². The van der Waals surface area contributed by atoms with Crippen LogP contribution >= 0.6 is 0 Å². The van der Waals surface area contributed by atoms with E-state index in [4.69, 9.17) is 13.7 Å². The maximum atomic E-state index is 13.1. The number of likely N-dealkylation sites (N-methyl/N-ethyl adjacent to an activating group) is 1. The van der Waals surface area contributed by atoms with Crippen molar-refractivity contribution in [2.75, 3.05) is 13.6 Å². The molecule has 2 amide bonds. The van der Waals surface area contributed by atoms with E-state index in [1.54, 1.807) is 0 Å². The van der Waals surface area contributed by atoms with Gasteiger partial charge in [0.05, 0.1) is 5.48 Å². The topological polar surface area (TPSA) is 86.7 Å². The van der Waals surface area contributed by atoms with Crippen LogP contribution in [0.4, 0.5) is 0 Å². The number of carbonyl (C=O) groups is 3. The Hall–Kier alpha value is -2.21. The van der Waals surface area contributed by atoms with Gasteiger partial charge in [-0.2, -0.15) is 0 Å². The number of fused-ring (bicyclic) bond motifs is 1. The van der Waals surface area contributed by atoms with Gasteiger partial charge in [0.2, 0.25) is 11.8 Å². The zero-order valence-corrected chi connectivity index (χ0v) is 14.8. The van der Waals surface area contributed by atoms with Crippen molar-refractivity contribution in [1.29, 1.82) is 0 Å². The molecule has 1 aromatic rings. The van der Waals surface area contributed by atoms with Crippen LogP contribution in [0.1, 0.15) is 58.0 Å². The molecular formula is C20H28N2O4. The summed E-state index contributed by atoms with van der Waals surface area (Å²) in [4.78, 5) is 39.4.